The van der Waals surface area contributed by atoms with Crippen molar-refractivity contribution in [1.82, 2.24) is 0 Å². The standard InChI is InChI=1S/C16H27NO/c1-9-6-7-14(8-10(9)2)16(17)15-11(3)12(4)18-13(15)5/h9-10,14,16H,6-8,17H2,1-5H3. The highest BCUT2D eigenvalue weighted by Gasteiger charge is 2.31. The maximum absolute atomic E-state index is 6.53. The minimum absolute atomic E-state index is 0.150. The predicted molar refractivity (Wildman–Crippen MR) is 75.5 cm³/mol. The summed E-state index contributed by atoms with van der Waals surface area (Å²) in [5, 5.41) is 0. The van der Waals surface area contributed by atoms with Gasteiger partial charge in [0.1, 0.15) is 11.5 Å². The molecule has 2 rings (SSSR count). The zero-order valence-electron chi connectivity index (χ0n) is 12.4. The normalized spacial score (nSPS) is 30.4. The monoisotopic (exact) mass is 249 g/mol. The average Bonchev–Trinajstić information content (AvgIpc) is 2.56. The molecule has 0 radical (unpaired) electrons. The van der Waals surface area contributed by atoms with Crippen LogP contribution in [0, 0.1) is 38.5 Å². The molecule has 1 aromatic rings. The molecule has 4 atom stereocenters. The predicted octanol–water partition coefficient (Wildman–Crippen LogP) is 4.28. The van der Waals surface area contributed by atoms with Crippen LogP contribution in [0.15, 0.2) is 4.42 Å². The second kappa shape index (κ2) is 5.08. The van der Waals surface area contributed by atoms with Crippen molar-refractivity contribution in [1.29, 1.82) is 0 Å². The van der Waals surface area contributed by atoms with Gasteiger partial charge in [0, 0.05) is 11.6 Å². The van der Waals surface area contributed by atoms with Gasteiger partial charge in [-0.05, 0) is 56.9 Å². The van der Waals surface area contributed by atoms with E-state index in [1.54, 1.807) is 0 Å². The third kappa shape index (κ3) is 2.35. The molecule has 1 heterocycles. The van der Waals surface area contributed by atoms with E-state index in [0.717, 1.165) is 23.4 Å². The number of nitrogens with two attached hydrogens (primary N) is 1. The highest BCUT2D eigenvalue weighted by atomic mass is 16.3. The molecule has 2 nitrogen and oxygen atoms in total. The molecule has 1 aromatic heterocycles. The van der Waals surface area contributed by atoms with Crippen LogP contribution < -0.4 is 5.73 Å². The van der Waals surface area contributed by atoms with Crippen molar-refractivity contribution in [3.63, 3.8) is 0 Å². The van der Waals surface area contributed by atoms with Crippen molar-refractivity contribution >= 4 is 0 Å². The zero-order chi connectivity index (χ0) is 13.4. The Bertz CT molecular complexity index is 421. The van der Waals surface area contributed by atoms with E-state index in [9.17, 15) is 0 Å². The van der Waals surface area contributed by atoms with Crippen molar-refractivity contribution in [3.05, 3.63) is 22.6 Å². The molecule has 0 saturated heterocycles. The summed E-state index contributed by atoms with van der Waals surface area (Å²) in [4.78, 5) is 0. The summed E-state index contributed by atoms with van der Waals surface area (Å²) >= 11 is 0. The number of hydrogen-bond acceptors (Lipinski definition) is 2. The van der Waals surface area contributed by atoms with E-state index >= 15 is 0 Å². The average molecular weight is 249 g/mol. The van der Waals surface area contributed by atoms with Crippen LogP contribution in [0.2, 0.25) is 0 Å². The molecule has 1 aliphatic carbocycles. The summed E-state index contributed by atoms with van der Waals surface area (Å²) in [6.07, 6.45) is 3.83. The molecule has 102 valence electrons. The van der Waals surface area contributed by atoms with Crippen LogP contribution in [-0.2, 0) is 0 Å². The number of furan rings is 1. The first-order chi connectivity index (χ1) is 8.41. The molecule has 0 amide bonds. The lowest BCUT2D eigenvalue weighted by molar-refractivity contribution is 0.185. The molecule has 1 aliphatic rings. The Morgan fingerprint density at radius 1 is 1.06 bits per heavy atom. The minimum atomic E-state index is 0.150. The summed E-state index contributed by atoms with van der Waals surface area (Å²) < 4.78 is 5.73. The maximum atomic E-state index is 6.53. The van der Waals surface area contributed by atoms with Gasteiger partial charge in [0.15, 0.2) is 0 Å². The lowest BCUT2D eigenvalue weighted by Gasteiger charge is -2.35. The Morgan fingerprint density at radius 3 is 2.22 bits per heavy atom. The van der Waals surface area contributed by atoms with E-state index < -0.39 is 0 Å². The molecule has 2 heteroatoms. The van der Waals surface area contributed by atoms with Crippen molar-refractivity contribution in [3.8, 4) is 0 Å². The molecule has 18 heavy (non-hydrogen) atoms. The third-order valence-corrected chi connectivity index (χ3v) is 5.10. The Balaban J connectivity index is 2.18. The minimum Gasteiger partial charge on any atom is -0.466 e. The molecule has 0 aromatic carbocycles. The molecule has 1 saturated carbocycles. The van der Waals surface area contributed by atoms with Crippen molar-refractivity contribution in [2.45, 2.75) is 59.9 Å². The summed E-state index contributed by atoms with van der Waals surface area (Å²) in [7, 11) is 0. The molecule has 1 fully saturated rings. The summed E-state index contributed by atoms with van der Waals surface area (Å²) in [5.74, 6) is 4.30. The molecular weight excluding hydrogens is 222 g/mol. The van der Waals surface area contributed by atoms with E-state index in [2.05, 4.69) is 20.8 Å². The zero-order valence-corrected chi connectivity index (χ0v) is 12.4. The Labute approximate surface area is 111 Å². The SMILES string of the molecule is Cc1oc(C)c(C(N)C2CCC(C)C(C)C2)c1C. The Hall–Kier alpha value is -0.760. The van der Waals surface area contributed by atoms with Crippen LogP contribution in [0.5, 0.6) is 0 Å². The van der Waals surface area contributed by atoms with Crippen LogP contribution in [0.25, 0.3) is 0 Å². The van der Waals surface area contributed by atoms with Gasteiger partial charge in [-0.15, -0.1) is 0 Å². The number of hydrogen-bond donors (Lipinski definition) is 1. The summed E-state index contributed by atoms with van der Waals surface area (Å²) in [5.41, 5.74) is 9.05. The van der Waals surface area contributed by atoms with Crippen LogP contribution in [0.4, 0.5) is 0 Å². The lowest BCUT2D eigenvalue weighted by Crippen LogP contribution is -2.30. The first kappa shape index (κ1) is 13.7. The van der Waals surface area contributed by atoms with Crippen LogP contribution in [0.1, 0.15) is 61.8 Å². The Morgan fingerprint density at radius 2 is 1.72 bits per heavy atom. The van der Waals surface area contributed by atoms with Crippen LogP contribution in [0.3, 0.4) is 0 Å². The molecular formula is C16H27NO. The molecule has 0 spiro atoms. The molecule has 4 unspecified atom stereocenters. The Kier molecular flexibility index (Phi) is 3.86. The van der Waals surface area contributed by atoms with Gasteiger partial charge in [0.05, 0.1) is 0 Å². The van der Waals surface area contributed by atoms with E-state index in [4.69, 9.17) is 10.2 Å². The van der Waals surface area contributed by atoms with Gasteiger partial charge >= 0.3 is 0 Å². The summed E-state index contributed by atoms with van der Waals surface area (Å²) in [6.45, 7) is 10.9. The second-order valence-electron chi connectivity index (χ2n) is 6.31. The van der Waals surface area contributed by atoms with Crippen molar-refractivity contribution < 1.29 is 4.42 Å². The fourth-order valence-electron chi connectivity index (χ4n) is 3.45. The van der Waals surface area contributed by atoms with E-state index in [1.165, 1.54) is 30.4 Å². The molecule has 0 aliphatic heterocycles. The van der Waals surface area contributed by atoms with Gasteiger partial charge in [-0.1, -0.05) is 20.3 Å². The topological polar surface area (TPSA) is 39.2 Å². The first-order valence-corrected chi connectivity index (χ1v) is 7.23. The second-order valence-corrected chi connectivity index (χ2v) is 6.31. The highest BCUT2D eigenvalue weighted by Crippen LogP contribution is 2.41. The third-order valence-electron chi connectivity index (χ3n) is 5.10. The van der Waals surface area contributed by atoms with Gasteiger partial charge in [-0.2, -0.15) is 0 Å². The van der Waals surface area contributed by atoms with Gasteiger partial charge in [0.25, 0.3) is 0 Å². The van der Waals surface area contributed by atoms with Gasteiger partial charge in [0.2, 0.25) is 0 Å². The highest BCUT2D eigenvalue weighted by molar-refractivity contribution is 5.34. The summed E-state index contributed by atoms with van der Waals surface area (Å²) in [6, 6.07) is 0.150. The van der Waals surface area contributed by atoms with Crippen molar-refractivity contribution in [2.24, 2.45) is 23.5 Å². The van der Waals surface area contributed by atoms with Crippen LogP contribution >= 0.6 is 0 Å². The van der Waals surface area contributed by atoms with Crippen LogP contribution in [-0.4, -0.2) is 0 Å². The molecule has 2 N–H and O–H groups in total. The fraction of sp³-hybridized carbons (Fsp3) is 0.750. The maximum Gasteiger partial charge on any atom is 0.106 e. The fourth-order valence-corrected chi connectivity index (χ4v) is 3.45. The van der Waals surface area contributed by atoms with E-state index in [0.29, 0.717) is 5.92 Å². The number of aryl methyl sites for hydroxylation is 2. The smallest absolute Gasteiger partial charge is 0.106 e. The van der Waals surface area contributed by atoms with E-state index in [-0.39, 0.29) is 6.04 Å². The quantitative estimate of drug-likeness (QED) is 0.849. The van der Waals surface area contributed by atoms with Gasteiger partial charge in [-0.3, -0.25) is 0 Å². The van der Waals surface area contributed by atoms with Crippen molar-refractivity contribution in [2.75, 3.05) is 0 Å². The van der Waals surface area contributed by atoms with Gasteiger partial charge in [-0.25, -0.2) is 0 Å². The molecule has 0 bridgehead atoms. The number of rotatable bonds is 2. The first-order valence-electron chi connectivity index (χ1n) is 7.23. The van der Waals surface area contributed by atoms with Gasteiger partial charge < -0.3 is 10.2 Å². The van der Waals surface area contributed by atoms with E-state index in [1.807, 2.05) is 13.8 Å². The lowest BCUT2D eigenvalue weighted by atomic mass is 9.72. The largest absolute Gasteiger partial charge is 0.466 e.